The first kappa shape index (κ1) is 12.4. The molecule has 0 aromatic carbocycles. The first-order chi connectivity index (χ1) is 6.78. The van der Waals surface area contributed by atoms with Crippen LogP contribution in [0.5, 0.6) is 0 Å². The van der Waals surface area contributed by atoms with Crippen molar-refractivity contribution in [2.45, 2.75) is 33.3 Å². The number of halogens is 1. The van der Waals surface area contributed by atoms with Crippen molar-refractivity contribution in [3.8, 4) is 0 Å². The smallest absolute Gasteiger partial charge is 0.413 e. The number of hydrogen-bond donors (Lipinski definition) is 1. The Bertz CT molecular complexity index is 371. The Labute approximate surface area is 101 Å². The number of aryl methyl sites for hydroxylation is 1. The van der Waals surface area contributed by atoms with Gasteiger partial charge in [0.05, 0.1) is 0 Å². The van der Waals surface area contributed by atoms with Crippen LogP contribution in [-0.2, 0) is 4.74 Å². The maximum absolute atomic E-state index is 11.4. The number of rotatable bonds is 1. The Balaban J connectivity index is 2.63. The molecule has 0 aliphatic heterocycles. The fourth-order valence-electron chi connectivity index (χ4n) is 0.880. The Morgan fingerprint density at radius 2 is 2.13 bits per heavy atom. The largest absolute Gasteiger partial charge is 0.444 e. The molecule has 1 amide bonds. The highest BCUT2D eigenvalue weighted by Crippen LogP contribution is 2.26. The molecule has 0 aliphatic carbocycles. The van der Waals surface area contributed by atoms with Gasteiger partial charge in [-0.25, -0.2) is 9.78 Å². The summed E-state index contributed by atoms with van der Waals surface area (Å²) in [5, 5.41) is 2.60. The highest BCUT2D eigenvalue weighted by atomic mass is 79.9. The van der Waals surface area contributed by atoms with Crippen molar-refractivity contribution in [2.24, 2.45) is 0 Å². The van der Waals surface area contributed by atoms with E-state index in [1.807, 2.05) is 27.7 Å². The molecule has 84 valence electrons. The molecule has 0 bridgehead atoms. The average molecular weight is 293 g/mol. The summed E-state index contributed by atoms with van der Waals surface area (Å²) in [7, 11) is 0. The zero-order valence-electron chi connectivity index (χ0n) is 9.05. The number of amides is 1. The van der Waals surface area contributed by atoms with Gasteiger partial charge in [0.15, 0.2) is 9.73 Å². The normalized spacial score (nSPS) is 11.3. The van der Waals surface area contributed by atoms with Crippen LogP contribution in [0, 0.1) is 6.92 Å². The van der Waals surface area contributed by atoms with Crippen LogP contribution in [0.2, 0.25) is 0 Å². The Kier molecular flexibility index (Phi) is 3.72. The summed E-state index contributed by atoms with van der Waals surface area (Å²) in [4.78, 5) is 16.4. The third-order valence-corrected chi connectivity index (χ3v) is 2.81. The third-order valence-electron chi connectivity index (χ3n) is 1.39. The topological polar surface area (TPSA) is 51.2 Å². The molecular formula is C9H13BrN2O2S. The molecule has 0 fully saturated rings. The number of anilines is 1. The maximum Gasteiger partial charge on any atom is 0.413 e. The summed E-state index contributed by atoms with van der Waals surface area (Å²) < 4.78 is 5.85. The van der Waals surface area contributed by atoms with Crippen molar-refractivity contribution in [3.63, 3.8) is 0 Å². The fourth-order valence-corrected chi connectivity index (χ4v) is 2.37. The number of carbonyl (C=O) groups excluding carboxylic acids is 1. The van der Waals surface area contributed by atoms with E-state index in [1.54, 1.807) is 0 Å². The lowest BCUT2D eigenvalue weighted by atomic mass is 10.2. The molecule has 0 aliphatic rings. The predicted octanol–water partition coefficient (Wildman–Crippen LogP) is 3.56. The van der Waals surface area contributed by atoms with Crippen LogP contribution in [0.15, 0.2) is 3.92 Å². The number of nitrogens with zero attached hydrogens (tertiary/aromatic N) is 1. The molecule has 0 unspecified atom stereocenters. The van der Waals surface area contributed by atoms with E-state index in [1.165, 1.54) is 11.3 Å². The van der Waals surface area contributed by atoms with Gasteiger partial charge in [0.2, 0.25) is 0 Å². The molecule has 1 aromatic heterocycles. The van der Waals surface area contributed by atoms with Gasteiger partial charge >= 0.3 is 6.09 Å². The standard InChI is InChI=1S/C9H13BrN2O2S/c1-5-6(11-7(10)15-5)12-8(13)14-9(2,3)4/h1-4H3,(H,12,13). The van der Waals surface area contributed by atoms with E-state index in [-0.39, 0.29) is 0 Å². The van der Waals surface area contributed by atoms with E-state index >= 15 is 0 Å². The molecule has 1 rings (SSSR count). The second-order valence-corrected chi connectivity index (χ2v) is 6.48. The first-order valence-electron chi connectivity index (χ1n) is 4.41. The second kappa shape index (κ2) is 4.49. The molecule has 1 heterocycles. The van der Waals surface area contributed by atoms with Crippen molar-refractivity contribution in [3.05, 3.63) is 8.79 Å². The van der Waals surface area contributed by atoms with Crippen LogP contribution < -0.4 is 5.32 Å². The minimum Gasteiger partial charge on any atom is -0.444 e. The lowest BCUT2D eigenvalue weighted by molar-refractivity contribution is 0.0635. The van der Waals surface area contributed by atoms with E-state index in [0.717, 1.165) is 8.79 Å². The molecular weight excluding hydrogens is 280 g/mol. The minimum absolute atomic E-state index is 0.483. The van der Waals surface area contributed by atoms with E-state index in [0.29, 0.717) is 5.82 Å². The summed E-state index contributed by atoms with van der Waals surface area (Å²) in [5.74, 6) is 0.543. The van der Waals surface area contributed by atoms with E-state index in [9.17, 15) is 4.79 Å². The van der Waals surface area contributed by atoms with Crippen molar-refractivity contribution in [1.82, 2.24) is 4.98 Å². The number of aromatic nitrogens is 1. The molecule has 0 radical (unpaired) electrons. The number of thiazole rings is 1. The van der Waals surface area contributed by atoms with Gasteiger partial charge in [0.25, 0.3) is 0 Å². The second-order valence-electron chi connectivity index (χ2n) is 4.00. The lowest BCUT2D eigenvalue weighted by Crippen LogP contribution is -2.27. The molecule has 1 aromatic rings. The van der Waals surface area contributed by atoms with Gasteiger partial charge in [-0.1, -0.05) is 0 Å². The van der Waals surface area contributed by atoms with Gasteiger partial charge in [-0.3, -0.25) is 5.32 Å². The van der Waals surface area contributed by atoms with Gasteiger partial charge in [-0.05, 0) is 43.6 Å². The molecule has 0 atom stereocenters. The van der Waals surface area contributed by atoms with Crippen LogP contribution in [0.1, 0.15) is 25.6 Å². The monoisotopic (exact) mass is 292 g/mol. The molecule has 4 nitrogen and oxygen atoms in total. The quantitative estimate of drug-likeness (QED) is 0.861. The van der Waals surface area contributed by atoms with Gasteiger partial charge in [-0.2, -0.15) is 0 Å². The zero-order valence-corrected chi connectivity index (χ0v) is 11.5. The highest BCUT2D eigenvalue weighted by molar-refractivity contribution is 9.11. The summed E-state index contributed by atoms with van der Waals surface area (Å²) in [6, 6.07) is 0. The predicted molar refractivity (Wildman–Crippen MR) is 64.4 cm³/mol. The average Bonchev–Trinajstić information content (AvgIpc) is 2.25. The zero-order chi connectivity index (χ0) is 11.6. The Morgan fingerprint density at radius 1 is 1.53 bits per heavy atom. The molecule has 0 saturated carbocycles. The van der Waals surface area contributed by atoms with Crippen LogP contribution in [0.4, 0.5) is 10.6 Å². The van der Waals surface area contributed by atoms with Crippen molar-refractivity contribution in [1.29, 1.82) is 0 Å². The summed E-state index contributed by atoms with van der Waals surface area (Å²) in [5.41, 5.74) is -0.495. The molecule has 6 heteroatoms. The molecule has 0 saturated heterocycles. The van der Waals surface area contributed by atoms with E-state index in [2.05, 4.69) is 26.2 Å². The maximum atomic E-state index is 11.4. The Hall–Kier alpha value is -0.620. The molecule has 15 heavy (non-hydrogen) atoms. The third kappa shape index (κ3) is 4.17. The van der Waals surface area contributed by atoms with E-state index in [4.69, 9.17) is 4.74 Å². The molecule has 1 N–H and O–H groups in total. The van der Waals surface area contributed by atoms with Crippen LogP contribution in [-0.4, -0.2) is 16.7 Å². The van der Waals surface area contributed by atoms with Gasteiger partial charge in [-0.15, -0.1) is 11.3 Å². The van der Waals surface area contributed by atoms with Crippen LogP contribution in [0.25, 0.3) is 0 Å². The summed E-state index contributed by atoms with van der Waals surface area (Å²) in [6.45, 7) is 7.33. The van der Waals surface area contributed by atoms with E-state index < -0.39 is 11.7 Å². The van der Waals surface area contributed by atoms with Gasteiger partial charge in [0, 0.05) is 4.88 Å². The highest BCUT2D eigenvalue weighted by Gasteiger charge is 2.17. The van der Waals surface area contributed by atoms with Crippen molar-refractivity contribution < 1.29 is 9.53 Å². The number of ether oxygens (including phenoxy) is 1. The number of carbonyl (C=O) groups is 1. The SMILES string of the molecule is Cc1sc(Br)nc1NC(=O)OC(C)(C)C. The van der Waals surface area contributed by atoms with Crippen molar-refractivity contribution in [2.75, 3.05) is 5.32 Å². The number of nitrogens with one attached hydrogen (secondary N) is 1. The Morgan fingerprint density at radius 3 is 2.53 bits per heavy atom. The minimum atomic E-state index is -0.495. The fraction of sp³-hybridized carbons (Fsp3) is 0.556. The summed E-state index contributed by atoms with van der Waals surface area (Å²) in [6.07, 6.45) is -0.483. The molecule has 0 spiro atoms. The lowest BCUT2D eigenvalue weighted by Gasteiger charge is -2.19. The van der Waals surface area contributed by atoms with Gasteiger partial charge in [0.1, 0.15) is 5.60 Å². The van der Waals surface area contributed by atoms with Crippen LogP contribution in [0.3, 0.4) is 0 Å². The van der Waals surface area contributed by atoms with Crippen LogP contribution >= 0.6 is 27.3 Å². The number of hydrogen-bond acceptors (Lipinski definition) is 4. The van der Waals surface area contributed by atoms with Gasteiger partial charge < -0.3 is 4.74 Å². The first-order valence-corrected chi connectivity index (χ1v) is 6.02. The summed E-state index contributed by atoms with van der Waals surface area (Å²) >= 11 is 4.71. The van der Waals surface area contributed by atoms with Crippen molar-refractivity contribution >= 4 is 39.2 Å².